The molecular formula is C15H22ClFN2. The van der Waals surface area contributed by atoms with Gasteiger partial charge in [0.15, 0.2) is 0 Å². The van der Waals surface area contributed by atoms with E-state index >= 15 is 0 Å². The Balaban J connectivity index is 1.90. The Bertz CT molecular complexity index is 423. The van der Waals surface area contributed by atoms with E-state index < -0.39 is 5.67 Å². The topological polar surface area (TPSA) is 24.1 Å². The molecule has 1 aromatic rings. The second-order valence-electron chi connectivity index (χ2n) is 5.74. The van der Waals surface area contributed by atoms with E-state index in [4.69, 9.17) is 11.6 Å². The number of alkyl halides is 1. The second kappa shape index (κ2) is 6.10. The summed E-state index contributed by atoms with van der Waals surface area (Å²) in [6, 6.07) is 5.37. The van der Waals surface area contributed by atoms with Gasteiger partial charge in [0.25, 0.3) is 0 Å². The van der Waals surface area contributed by atoms with Crippen molar-refractivity contribution >= 4 is 17.3 Å². The van der Waals surface area contributed by atoms with Gasteiger partial charge >= 0.3 is 0 Å². The molecule has 106 valence electrons. The average molecular weight is 285 g/mol. The molecular weight excluding hydrogens is 263 g/mol. The van der Waals surface area contributed by atoms with E-state index in [1.54, 1.807) is 26.0 Å². The third-order valence-electron chi connectivity index (χ3n) is 3.69. The number of benzene rings is 1. The van der Waals surface area contributed by atoms with Crippen LogP contribution in [0.4, 0.5) is 10.1 Å². The fourth-order valence-electron chi connectivity index (χ4n) is 2.40. The third-order valence-corrected chi connectivity index (χ3v) is 4.00. The maximum absolute atomic E-state index is 13.8. The predicted octanol–water partition coefficient (Wildman–Crippen LogP) is 3.96. The van der Waals surface area contributed by atoms with Gasteiger partial charge in [0, 0.05) is 6.54 Å². The molecule has 0 aliphatic carbocycles. The minimum Gasteiger partial charge on any atom is -0.384 e. The van der Waals surface area contributed by atoms with E-state index in [1.807, 2.05) is 6.07 Å². The first-order valence-corrected chi connectivity index (χ1v) is 7.28. The van der Waals surface area contributed by atoms with E-state index in [1.165, 1.54) is 6.42 Å². The lowest BCUT2D eigenvalue weighted by atomic mass is 10.00. The predicted molar refractivity (Wildman–Crippen MR) is 79.7 cm³/mol. The first kappa shape index (κ1) is 14.6. The maximum atomic E-state index is 13.8. The van der Waals surface area contributed by atoms with Gasteiger partial charge < -0.3 is 10.6 Å². The highest BCUT2D eigenvalue weighted by molar-refractivity contribution is 6.33. The number of hydrogen-bond donors (Lipinski definition) is 2. The lowest BCUT2D eigenvalue weighted by Crippen LogP contribution is -2.13. The van der Waals surface area contributed by atoms with Crippen molar-refractivity contribution in [3.63, 3.8) is 0 Å². The van der Waals surface area contributed by atoms with Crippen LogP contribution in [-0.4, -0.2) is 19.6 Å². The largest absolute Gasteiger partial charge is 0.384 e. The molecule has 1 unspecified atom stereocenters. The first-order chi connectivity index (χ1) is 8.97. The van der Waals surface area contributed by atoms with E-state index in [2.05, 4.69) is 10.6 Å². The quantitative estimate of drug-likeness (QED) is 0.855. The van der Waals surface area contributed by atoms with Crippen LogP contribution in [0.25, 0.3) is 0 Å². The van der Waals surface area contributed by atoms with Gasteiger partial charge in [0.1, 0.15) is 5.67 Å². The van der Waals surface area contributed by atoms with Crippen LogP contribution in [0.5, 0.6) is 0 Å². The zero-order valence-electron chi connectivity index (χ0n) is 11.6. The Kier molecular flexibility index (Phi) is 4.69. The van der Waals surface area contributed by atoms with Crippen molar-refractivity contribution < 1.29 is 4.39 Å². The van der Waals surface area contributed by atoms with Crippen LogP contribution >= 0.6 is 11.6 Å². The standard InChI is InChI=1S/C15H22ClFN2/c1-15(2,17)12-3-4-14(13(16)9-12)19-8-6-11-5-7-18-10-11/h3-4,9,11,18-19H,5-8,10H2,1-2H3. The molecule has 1 aliphatic rings. The Hall–Kier alpha value is -0.800. The van der Waals surface area contributed by atoms with Crippen LogP contribution in [-0.2, 0) is 5.67 Å². The summed E-state index contributed by atoms with van der Waals surface area (Å²) in [5, 5.41) is 7.29. The van der Waals surface area contributed by atoms with Crippen molar-refractivity contribution in [3.8, 4) is 0 Å². The van der Waals surface area contributed by atoms with E-state index in [0.717, 1.165) is 37.7 Å². The van der Waals surface area contributed by atoms with Gasteiger partial charge in [-0.05, 0) is 63.4 Å². The Morgan fingerprint density at radius 2 is 2.26 bits per heavy atom. The molecule has 0 radical (unpaired) electrons. The number of nitrogens with one attached hydrogen (secondary N) is 2. The van der Waals surface area contributed by atoms with Gasteiger partial charge in [0.2, 0.25) is 0 Å². The zero-order valence-corrected chi connectivity index (χ0v) is 12.4. The highest BCUT2D eigenvalue weighted by Gasteiger charge is 2.19. The number of anilines is 1. The van der Waals surface area contributed by atoms with Crippen molar-refractivity contribution in [2.45, 2.75) is 32.4 Å². The SMILES string of the molecule is CC(C)(F)c1ccc(NCCC2CCNC2)c(Cl)c1. The molecule has 1 aliphatic heterocycles. The van der Waals surface area contributed by atoms with Crippen LogP contribution in [0.2, 0.25) is 5.02 Å². The van der Waals surface area contributed by atoms with Crippen molar-refractivity contribution in [2.24, 2.45) is 5.92 Å². The fraction of sp³-hybridized carbons (Fsp3) is 0.600. The summed E-state index contributed by atoms with van der Waals surface area (Å²) in [6.07, 6.45) is 2.39. The monoisotopic (exact) mass is 284 g/mol. The van der Waals surface area contributed by atoms with Crippen LogP contribution in [0.1, 0.15) is 32.3 Å². The van der Waals surface area contributed by atoms with Crippen molar-refractivity contribution in [2.75, 3.05) is 25.0 Å². The van der Waals surface area contributed by atoms with Gasteiger partial charge in [-0.25, -0.2) is 4.39 Å². The number of halogens is 2. The van der Waals surface area contributed by atoms with Gasteiger partial charge in [-0.15, -0.1) is 0 Å². The van der Waals surface area contributed by atoms with Crippen molar-refractivity contribution in [1.82, 2.24) is 5.32 Å². The summed E-state index contributed by atoms with van der Waals surface area (Å²) in [6.45, 7) is 6.23. The average Bonchev–Trinajstić information content (AvgIpc) is 2.83. The lowest BCUT2D eigenvalue weighted by molar-refractivity contribution is 0.221. The molecule has 1 atom stereocenters. The Labute approximate surface area is 119 Å². The lowest BCUT2D eigenvalue weighted by Gasteiger charge is -2.17. The summed E-state index contributed by atoms with van der Waals surface area (Å²) in [5.74, 6) is 0.760. The third kappa shape index (κ3) is 4.08. The number of rotatable bonds is 5. The van der Waals surface area contributed by atoms with E-state index in [0.29, 0.717) is 10.6 Å². The minimum atomic E-state index is -1.35. The summed E-state index contributed by atoms with van der Waals surface area (Å²) in [7, 11) is 0. The first-order valence-electron chi connectivity index (χ1n) is 6.90. The molecule has 1 fully saturated rings. The molecule has 0 bridgehead atoms. The number of hydrogen-bond acceptors (Lipinski definition) is 2. The summed E-state index contributed by atoms with van der Waals surface area (Å²) in [5.41, 5.74) is 0.154. The molecule has 2 rings (SSSR count). The summed E-state index contributed by atoms with van der Waals surface area (Å²) < 4.78 is 13.8. The molecule has 2 nitrogen and oxygen atoms in total. The zero-order chi connectivity index (χ0) is 13.9. The molecule has 0 aromatic heterocycles. The molecule has 1 heterocycles. The smallest absolute Gasteiger partial charge is 0.130 e. The molecule has 1 aromatic carbocycles. The van der Waals surface area contributed by atoms with Crippen molar-refractivity contribution in [3.05, 3.63) is 28.8 Å². The normalized spacial score (nSPS) is 19.7. The Morgan fingerprint density at radius 3 is 2.84 bits per heavy atom. The maximum Gasteiger partial charge on any atom is 0.130 e. The highest BCUT2D eigenvalue weighted by Crippen LogP contribution is 2.31. The minimum absolute atomic E-state index is 0.591. The Morgan fingerprint density at radius 1 is 1.47 bits per heavy atom. The molecule has 19 heavy (non-hydrogen) atoms. The van der Waals surface area contributed by atoms with Gasteiger partial charge in [0.05, 0.1) is 10.7 Å². The highest BCUT2D eigenvalue weighted by atomic mass is 35.5. The second-order valence-corrected chi connectivity index (χ2v) is 6.15. The fourth-order valence-corrected chi connectivity index (χ4v) is 2.65. The summed E-state index contributed by atoms with van der Waals surface area (Å²) >= 11 is 6.19. The van der Waals surface area contributed by atoms with Crippen LogP contribution in [0, 0.1) is 5.92 Å². The molecule has 0 saturated carbocycles. The van der Waals surface area contributed by atoms with E-state index in [9.17, 15) is 4.39 Å². The van der Waals surface area contributed by atoms with Crippen LogP contribution < -0.4 is 10.6 Å². The van der Waals surface area contributed by atoms with Gasteiger partial charge in [-0.1, -0.05) is 17.7 Å². The molecule has 2 N–H and O–H groups in total. The molecule has 0 amide bonds. The van der Waals surface area contributed by atoms with Gasteiger partial charge in [-0.2, -0.15) is 0 Å². The molecule has 1 saturated heterocycles. The van der Waals surface area contributed by atoms with Crippen LogP contribution in [0.3, 0.4) is 0 Å². The summed E-state index contributed by atoms with van der Waals surface area (Å²) in [4.78, 5) is 0. The molecule has 4 heteroatoms. The van der Waals surface area contributed by atoms with Crippen molar-refractivity contribution in [1.29, 1.82) is 0 Å². The molecule has 0 spiro atoms. The van der Waals surface area contributed by atoms with Crippen LogP contribution in [0.15, 0.2) is 18.2 Å². The van der Waals surface area contributed by atoms with E-state index in [-0.39, 0.29) is 0 Å². The van der Waals surface area contributed by atoms with Gasteiger partial charge in [-0.3, -0.25) is 0 Å².